The molecule has 13 heteroatoms. The van der Waals surface area contributed by atoms with E-state index in [-0.39, 0.29) is 67.2 Å². The summed E-state index contributed by atoms with van der Waals surface area (Å²) in [6, 6.07) is -1.83. The largest absolute Gasteiger partial charge is 1.00 e. The second kappa shape index (κ2) is 9.07. The van der Waals surface area contributed by atoms with Gasteiger partial charge in [0.1, 0.15) is 0 Å². The number of thioether (sulfide) groups is 1. The molecule has 24 heavy (non-hydrogen) atoms. The number of amides is 1. The van der Waals surface area contributed by atoms with E-state index in [0.717, 1.165) is 11.8 Å². The van der Waals surface area contributed by atoms with Crippen molar-refractivity contribution in [3.63, 3.8) is 0 Å². The van der Waals surface area contributed by atoms with Gasteiger partial charge in [-0.3, -0.25) is 9.59 Å². The van der Waals surface area contributed by atoms with Crippen LogP contribution in [0, 0.1) is 0 Å². The molecule has 1 aromatic rings. The molecule has 1 fully saturated rings. The van der Waals surface area contributed by atoms with Gasteiger partial charge in [-0.2, -0.15) is 0 Å². The number of aryl methyl sites for hydroxylation is 1. The third kappa shape index (κ3) is 4.78. The number of nitrogens with zero attached hydrogens (tertiary/aromatic N) is 4. The van der Waals surface area contributed by atoms with Gasteiger partial charge in [-0.15, -0.1) is 16.9 Å². The molecule has 0 radical (unpaired) electrons. The molecule has 0 aliphatic carbocycles. The topological polar surface area (TPSA) is 135 Å². The first-order valence-electron chi connectivity index (χ1n) is 6.64. The smallest absolute Gasteiger partial charge is 0.731 e. The van der Waals surface area contributed by atoms with Crippen LogP contribution in [0.1, 0.15) is 18.7 Å². The number of β-lactam (4-membered cyclic amide) rings is 1. The van der Waals surface area contributed by atoms with Crippen molar-refractivity contribution in [3.05, 3.63) is 11.9 Å². The van der Waals surface area contributed by atoms with Gasteiger partial charge >= 0.3 is 57.4 Å². The number of hydrogen-bond acceptors (Lipinski definition) is 9. The van der Waals surface area contributed by atoms with Crippen LogP contribution in [0.2, 0.25) is 0 Å². The standard InChI is InChI=1S/C11H16N4O6S2.K/c1-3-7-4-14(13-12-7)10-8(5-22-6-9(16)21-2)15(11(10)17)23(18,19)20;/h4,8,10H,3,5-6H2,1-2H3,(H,18,19,20);/q;+1/p-1/t8-,10-;/m0./s1. The molecule has 2 rings (SSSR count). The first-order valence-corrected chi connectivity index (χ1v) is 9.16. The number of rotatable bonds is 7. The van der Waals surface area contributed by atoms with Crippen molar-refractivity contribution < 1.29 is 78.7 Å². The van der Waals surface area contributed by atoms with Gasteiger partial charge in [-0.05, 0) is 6.42 Å². The number of aromatic nitrogens is 3. The minimum atomic E-state index is -4.92. The molecule has 0 bridgehead atoms. The molecule has 1 aliphatic rings. The Morgan fingerprint density at radius 3 is 2.67 bits per heavy atom. The molecule has 0 saturated carbocycles. The average Bonchev–Trinajstić information content (AvgIpc) is 2.92. The first-order chi connectivity index (χ1) is 10.8. The van der Waals surface area contributed by atoms with E-state index in [4.69, 9.17) is 0 Å². The summed E-state index contributed by atoms with van der Waals surface area (Å²) in [5.41, 5.74) is 0.641. The number of esters is 1. The van der Waals surface area contributed by atoms with Crippen LogP contribution in [0.25, 0.3) is 0 Å². The minimum absolute atomic E-state index is 0. The summed E-state index contributed by atoms with van der Waals surface area (Å²) in [6.07, 6.45) is 2.14. The van der Waals surface area contributed by atoms with E-state index < -0.39 is 34.3 Å². The number of hydrogen-bond donors (Lipinski definition) is 0. The maximum atomic E-state index is 12.0. The summed E-state index contributed by atoms with van der Waals surface area (Å²) in [4.78, 5) is 23.1. The first kappa shape index (κ1) is 22.0. The zero-order valence-corrected chi connectivity index (χ0v) is 18.2. The van der Waals surface area contributed by atoms with Crippen molar-refractivity contribution in [3.8, 4) is 0 Å². The minimum Gasteiger partial charge on any atom is -0.731 e. The van der Waals surface area contributed by atoms with Gasteiger partial charge in [-0.1, -0.05) is 12.1 Å². The number of carbonyl (C=O) groups is 2. The molecule has 10 nitrogen and oxygen atoms in total. The normalized spacial score (nSPS) is 20.3. The van der Waals surface area contributed by atoms with Crippen molar-refractivity contribution in [1.82, 2.24) is 19.3 Å². The van der Waals surface area contributed by atoms with E-state index in [1.807, 2.05) is 6.92 Å². The zero-order chi connectivity index (χ0) is 17.2. The van der Waals surface area contributed by atoms with Crippen molar-refractivity contribution >= 4 is 33.9 Å². The van der Waals surface area contributed by atoms with Crippen molar-refractivity contribution in [2.24, 2.45) is 0 Å². The molecule has 1 aliphatic heterocycles. The van der Waals surface area contributed by atoms with Crippen molar-refractivity contribution in [2.45, 2.75) is 25.4 Å². The summed E-state index contributed by atoms with van der Waals surface area (Å²) in [7, 11) is -3.69. The predicted octanol–water partition coefficient (Wildman–Crippen LogP) is -4.04. The molecule has 0 aromatic carbocycles. The van der Waals surface area contributed by atoms with E-state index in [1.54, 1.807) is 0 Å². The second-order valence-corrected chi connectivity index (χ2v) is 7.02. The van der Waals surface area contributed by atoms with Crippen LogP contribution in [-0.4, -0.2) is 68.8 Å². The fraction of sp³-hybridized carbons (Fsp3) is 0.636. The summed E-state index contributed by atoms with van der Waals surface area (Å²) in [6.45, 7) is 1.86. The monoisotopic (exact) mass is 402 g/mol. The fourth-order valence-corrected chi connectivity index (χ4v) is 4.08. The molecular formula is C11H15KN4O6S2. The Morgan fingerprint density at radius 1 is 1.50 bits per heavy atom. The van der Waals surface area contributed by atoms with Gasteiger partial charge in [0.05, 0.1) is 24.6 Å². The third-order valence-corrected chi connectivity index (χ3v) is 5.27. The predicted molar refractivity (Wildman–Crippen MR) is 78.1 cm³/mol. The maximum Gasteiger partial charge on any atom is 1.00 e. The Morgan fingerprint density at radius 2 is 2.17 bits per heavy atom. The van der Waals surface area contributed by atoms with Crippen LogP contribution in [-0.2, 0) is 31.1 Å². The molecule has 0 unspecified atom stereocenters. The number of ether oxygens (including phenoxy) is 1. The zero-order valence-electron chi connectivity index (χ0n) is 13.4. The number of methoxy groups -OCH3 is 1. The van der Waals surface area contributed by atoms with Crippen LogP contribution in [0.15, 0.2) is 6.20 Å². The Balaban J connectivity index is 0.00000288. The number of carbonyl (C=O) groups excluding carboxylic acids is 2. The Hall–Kier alpha value is -0.0236. The Kier molecular flexibility index (Phi) is 8.32. The summed E-state index contributed by atoms with van der Waals surface area (Å²) in [5.74, 6) is -1.27. The average molecular weight is 402 g/mol. The van der Waals surface area contributed by atoms with Crippen LogP contribution in [0.3, 0.4) is 0 Å². The molecule has 1 saturated heterocycles. The van der Waals surface area contributed by atoms with Gasteiger partial charge < -0.3 is 9.29 Å². The Bertz CT molecular complexity index is 709. The molecule has 128 valence electrons. The van der Waals surface area contributed by atoms with E-state index in [0.29, 0.717) is 12.1 Å². The van der Waals surface area contributed by atoms with E-state index in [9.17, 15) is 22.6 Å². The quantitative estimate of drug-likeness (QED) is 0.193. The summed E-state index contributed by atoms with van der Waals surface area (Å²) >= 11 is 1.07. The van der Waals surface area contributed by atoms with E-state index in [1.165, 1.54) is 18.0 Å². The van der Waals surface area contributed by atoms with Crippen molar-refractivity contribution in [1.29, 1.82) is 0 Å². The SMILES string of the molecule is CCc1cn([C@@H]2C(=O)N(S(=O)(=O)[O-])[C@H]2CSCC(=O)OC)nn1.[K+]. The van der Waals surface area contributed by atoms with E-state index in [2.05, 4.69) is 15.0 Å². The fourth-order valence-electron chi connectivity index (χ4n) is 2.16. The van der Waals surface area contributed by atoms with Gasteiger partial charge in [0.15, 0.2) is 16.3 Å². The third-order valence-electron chi connectivity index (χ3n) is 3.32. The molecule has 0 N–H and O–H groups in total. The maximum absolute atomic E-state index is 12.0. The summed E-state index contributed by atoms with van der Waals surface area (Å²) in [5, 5.41) is 7.66. The van der Waals surface area contributed by atoms with Crippen LogP contribution in [0.5, 0.6) is 0 Å². The van der Waals surface area contributed by atoms with Crippen LogP contribution in [0.4, 0.5) is 0 Å². The molecule has 2 heterocycles. The second-order valence-electron chi connectivity index (χ2n) is 4.74. The molecule has 2 atom stereocenters. The molecule has 0 spiro atoms. The molecular weight excluding hydrogens is 387 g/mol. The molecule has 1 amide bonds. The van der Waals surface area contributed by atoms with Crippen LogP contribution < -0.4 is 51.4 Å². The van der Waals surface area contributed by atoms with Crippen LogP contribution >= 0.6 is 11.8 Å². The van der Waals surface area contributed by atoms with Gasteiger partial charge in [0, 0.05) is 11.9 Å². The van der Waals surface area contributed by atoms with Gasteiger partial charge in [0.2, 0.25) is 0 Å². The van der Waals surface area contributed by atoms with Gasteiger partial charge in [0.25, 0.3) is 5.91 Å². The van der Waals surface area contributed by atoms with E-state index >= 15 is 0 Å². The summed E-state index contributed by atoms with van der Waals surface area (Å²) < 4.78 is 39.7. The van der Waals surface area contributed by atoms with Crippen molar-refractivity contribution in [2.75, 3.05) is 18.6 Å². The van der Waals surface area contributed by atoms with Gasteiger partial charge in [-0.25, -0.2) is 17.4 Å². The molecule has 1 aromatic heterocycles. The Labute approximate surface area is 186 Å².